The van der Waals surface area contributed by atoms with Gasteiger partial charge in [0.15, 0.2) is 0 Å². The van der Waals surface area contributed by atoms with E-state index in [4.69, 9.17) is 4.74 Å². The van der Waals surface area contributed by atoms with Crippen LogP contribution in [0.2, 0.25) is 0 Å². The summed E-state index contributed by atoms with van der Waals surface area (Å²) >= 11 is 1.46. The molecular weight excluding hydrogens is 567 g/mol. The van der Waals surface area contributed by atoms with Crippen molar-refractivity contribution in [3.8, 4) is 0 Å². The Kier molecular flexibility index (Phi) is 18.2. The number of allylic oxidation sites excluding steroid dienone is 5. The molecule has 1 heterocycles. The van der Waals surface area contributed by atoms with E-state index in [1.165, 1.54) is 16.4 Å². The summed E-state index contributed by atoms with van der Waals surface area (Å²) in [5.41, 5.74) is 0.0937. The molecule has 1 aliphatic carbocycles. The molecule has 0 spiro atoms. The maximum atomic E-state index is 13.0. The number of hydrogen-bond acceptors (Lipinski definition) is 6. The van der Waals surface area contributed by atoms with Crippen molar-refractivity contribution in [3.05, 3.63) is 61.3 Å². The summed E-state index contributed by atoms with van der Waals surface area (Å²) in [6.45, 7) is 10.0. The number of hydrogen-bond donors (Lipinski definition) is 0. The second kappa shape index (κ2) is 20.4. The molecule has 0 saturated heterocycles. The molecule has 11 heteroatoms. The first kappa shape index (κ1) is 37.5. The fourth-order valence-electron chi connectivity index (χ4n) is 4.30. The van der Waals surface area contributed by atoms with Crippen LogP contribution in [0.3, 0.4) is 0 Å². The summed E-state index contributed by atoms with van der Waals surface area (Å²) in [4.78, 5) is 38.8. The molecule has 0 bridgehead atoms. The van der Waals surface area contributed by atoms with E-state index in [0.717, 1.165) is 60.0 Å². The zero-order valence-electron chi connectivity index (χ0n) is 25.8. The fourth-order valence-corrected chi connectivity index (χ4v) is 5.29. The fraction of sp³-hybridized carbons (Fsp3) is 0.677. The Morgan fingerprint density at radius 3 is 2.43 bits per heavy atom. The van der Waals surface area contributed by atoms with Crippen LogP contribution in [0.5, 0.6) is 0 Å². The van der Waals surface area contributed by atoms with Crippen molar-refractivity contribution in [1.29, 1.82) is 0 Å². The van der Waals surface area contributed by atoms with Crippen molar-refractivity contribution in [2.45, 2.75) is 130 Å². The molecule has 0 radical (unpaired) electrons. The normalized spacial score (nSPS) is 13.9. The van der Waals surface area contributed by atoms with Crippen molar-refractivity contribution < 1.29 is 22.7 Å². The van der Waals surface area contributed by atoms with Gasteiger partial charge >= 0.3 is 17.8 Å². The Morgan fingerprint density at radius 1 is 1.05 bits per heavy atom. The van der Waals surface area contributed by atoms with Gasteiger partial charge in [-0.25, -0.2) is 9.48 Å². The molecule has 1 aromatic rings. The maximum Gasteiger partial charge on any atom is 0.389 e. The molecular formula is C31H48F3N3O4S. The first-order valence-corrected chi connectivity index (χ1v) is 16.1. The molecule has 2 rings (SSSR count). The summed E-state index contributed by atoms with van der Waals surface area (Å²) in [7, 11) is 0. The number of ether oxygens (including phenoxy) is 1. The molecule has 1 unspecified atom stereocenters. The van der Waals surface area contributed by atoms with E-state index < -0.39 is 23.8 Å². The summed E-state index contributed by atoms with van der Waals surface area (Å²) < 4.78 is 45.3. The predicted octanol–water partition coefficient (Wildman–Crippen LogP) is 7.52. The Morgan fingerprint density at radius 2 is 1.76 bits per heavy atom. The molecule has 1 aliphatic rings. The molecule has 0 fully saturated rings. The summed E-state index contributed by atoms with van der Waals surface area (Å²) in [5.74, 6) is -0.247. The zero-order chi connectivity index (χ0) is 31.5. The minimum atomic E-state index is -4.34. The third kappa shape index (κ3) is 14.1. The van der Waals surface area contributed by atoms with Crippen molar-refractivity contribution in [1.82, 2.24) is 14.3 Å². The predicted molar refractivity (Wildman–Crippen MR) is 165 cm³/mol. The zero-order valence-corrected chi connectivity index (χ0v) is 26.6. The molecule has 1 aromatic heterocycles. The highest BCUT2D eigenvalue weighted by Gasteiger charge is 2.26. The van der Waals surface area contributed by atoms with E-state index in [2.05, 4.69) is 36.3 Å². The van der Waals surface area contributed by atoms with E-state index in [0.29, 0.717) is 19.4 Å². The van der Waals surface area contributed by atoms with Crippen LogP contribution >= 0.6 is 11.8 Å². The molecule has 1 atom stereocenters. The van der Waals surface area contributed by atoms with Gasteiger partial charge < -0.3 is 4.74 Å². The minimum absolute atomic E-state index is 0.236. The highest BCUT2D eigenvalue weighted by atomic mass is 32.2. The Labute approximate surface area is 252 Å². The van der Waals surface area contributed by atoms with Gasteiger partial charge in [0.2, 0.25) is 0 Å². The molecule has 42 heavy (non-hydrogen) atoms. The Hall–Kier alpha value is -2.56. The first-order valence-electron chi connectivity index (χ1n) is 15.2. The average Bonchev–Trinajstić information content (AvgIpc) is 3.18. The number of aryl methyl sites for hydroxylation is 2. The van der Waals surface area contributed by atoms with Crippen molar-refractivity contribution >= 4 is 17.7 Å². The van der Waals surface area contributed by atoms with E-state index >= 15 is 0 Å². The molecule has 0 aromatic carbocycles. The number of carbonyl (C=O) groups excluding carboxylic acids is 1. The highest BCUT2D eigenvalue weighted by Crippen LogP contribution is 2.28. The number of carbonyl (C=O) groups is 1. The van der Waals surface area contributed by atoms with Gasteiger partial charge in [-0.15, -0.1) is 11.8 Å². The monoisotopic (exact) mass is 615 g/mol. The third-order valence-electron chi connectivity index (χ3n) is 6.43. The number of alkyl halides is 3. The molecule has 238 valence electrons. The average molecular weight is 616 g/mol. The van der Waals surface area contributed by atoms with Crippen molar-refractivity contribution in [2.24, 2.45) is 0 Å². The smallest absolute Gasteiger partial charge is 0.389 e. The van der Waals surface area contributed by atoms with Gasteiger partial charge in [0, 0.05) is 24.4 Å². The second-order valence-corrected chi connectivity index (χ2v) is 11.3. The van der Waals surface area contributed by atoms with Crippen LogP contribution in [0.1, 0.15) is 105 Å². The molecule has 0 amide bonds. The van der Waals surface area contributed by atoms with Gasteiger partial charge in [0.05, 0.1) is 6.61 Å². The van der Waals surface area contributed by atoms with E-state index in [9.17, 15) is 27.6 Å². The lowest BCUT2D eigenvalue weighted by atomic mass is 10.1. The third-order valence-corrected chi connectivity index (χ3v) is 7.53. The SMILES string of the molecule is CC.CCCCCCc1nn(CCCCC2=CC(SC(C)C(=O)OCC)=CCC=C2)c(=O)n(CCCC(F)(F)F)c1=O. The second-order valence-electron chi connectivity index (χ2n) is 9.87. The summed E-state index contributed by atoms with van der Waals surface area (Å²) in [6.07, 6.45) is 9.46. The Bertz CT molecular complexity index is 1170. The van der Waals surface area contributed by atoms with Gasteiger partial charge in [-0.05, 0) is 70.4 Å². The topological polar surface area (TPSA) is 83.2 Å². The van der Waals surface area contributed by atoms with Crippen molar-refractivity contribution in [3.63, 3.8) is 0 Å². The van der Waals surface area contributed by atoms with Crippen LogP contribution in [0.25, 0.3) is 0 Å². The molecule has 0 aliphatic heterocycles. The van der Waals surface area contributed by atoms with Crippen LogP contribution in [-0.4, -0.2) is 38.4 Å². The van der Waals surface area contributed by atoms with Gasteiger partial charge in [-0.1, -0.05) is 58.3 Å². The van der Waals surface area contributed by atoms with E-state index in [1.54, 1.807) is 6.92 Å². The lowest BCUT2D eigenvalue weighted by Gasteiger charge is -2.13. The van der Waals surface area contributed by atoms with Gasteiger partial charge in [-0.3, -0.25) is 14.2 Å². The number of halogens is 3. The van der Waals surface area contributed by atoms with Crippen LogP contribution in [0.15, 0.2) is 44.4 Å². The minimum Gasteiger partial charge on any atom is -0.465 e. The van der Waals surface area contributed by atoms with Crippen LogP contribution in [0, 0.1) is 0 Å². The Balaban J connectivity index is 0.00000431. The number of esters is 1. The molecule has 0 saturated carbocycles. The van der Waals surface area contributed by atoms with Crippen molar-refractivity contribution in [2.75, 3.05) is 6.61 Å². The standard InChI is InChI=1S/C29H42F3N3O4S.C2H6/c1-4-6-7-8-17-25-26(36)34(19-13-18-29(30,31)32)28(38)35(33-25)20-12-11-15-23-14-9-10-16-24(21-23)40-22(3)27(37)39-5-2;1-2/h9,14,16,21-22H,4-8,10-13,15,17-20H2,1-3H3;1-2H3. The number of thioether (sulfide) groups is 1. The number of unbranched alkanes of at least 4 members (excludes halogenated alkanes) is 4. The lowest BCUT2D eigenvalue weighted by Crippen LogP contribution is -2.43. The first-order chi connectivity index (χ1) is 20.1. The van der Waals surface area contributed by atoms with Gasteiger partial charge in [0.1, 0.15) is 10.9 Å². The number of aromatic nitrogens is 3. The van der Waals surface area contributed by atoms with E-state index in [1.807, 2.05) is 20.8 Å². The van der Waals surface area contributed by atoms with Crippen LogP contribution < -0.4 is 11.2 Å². The summed E-state index contributed by atoms with van der Waals surface area (Å²) in [6, 6.07) is 0. The lowest BCUT2D eigenvalue weighted by molar-refractivity contribution is -0.142. The van der Waals surface area contributed by atoms with Gasteiger partial charge in [-0.2, -0.15) is 18.3 Å². The maximum absolute atomic E-state index is 13.0. The number of nitrogens with zero attached hydrogens (tertiary/aromatic N) is 3. The molecule has 7 nitrogen and oxygen atoms in total. The highest BCUT2D eigenvalue weighted by molar-refractivity contribution is 8.04. The molecule has 0 N–H and O–H groups in total. The summed E-state index contributed by atoms with van der Waals surface area (Å²) in [5, 5.41) is 4.01. The largest absolute Gasteiger partial charge is 0.465 e. The van der Waals surface area contributed by atoms with Crippen LogP contribution in [-0.2, 0) is 29.0 Å². The van der Waals surface area contributed by atoms with Gasteiger partial charge in [0.25, 0.3) is 5.56 Å². The van der Waals surface area contributed by atoms with E-state index in [-0.39, 0.29) is 36.4 Å². The quantitative estimate of drug-likeness (QED) is 0.133. The number of rotatable bonds is 17. The van der Waals surface area contributed by atoms with Crippen LogP contribution in [0.4, 0.5) is 13.2 Å².